The zero-order valence-electron chi connectivity index (χ0n) is 12.6. The lowest BCUT2D eigenvalue weighted by Gasteiger charge is -2.20. The number of anilines is 1. The first-order chi connectivity index (χ1) is 9.40. The standard InChI is InChI=1S/C14H24N4O2/c1-5-7-18-9-11(15)8-12(18)13(19)16-10(3)14(20)17(4)6-2/h8-10H,5-7,15H2,1-4H3,(H,16,19). The summed E-state index contributed by atoms with van der Waals surface area (Å²) in [6.07, 6.45) is 2.64. The molecule has 1 aromatic heterocycles. The number of nitrogens with zero attached hydrogens (tertiary/aromatic N) is 2. The van der Waals surface area contributed by atoms with Gasteiger partial charge in [-0.25, -0.2) is 0 Å². The summed E-state index contributed by atoms with van der Waals surface area (Å²) < 4.78 is 1.81. The van der Waals surface area contributed by atoms with E-state index in [-0.39, 0.29) is 11.8 Å². The van der Waals surface area contributed by atoms with E-state index in [0.717, 1.165) is 13.0 Å². The second kappa shape index (κ2) is 6.98. The molecule has 1 aromatic rings. The summed E-state index contributed by atoms with van der Waals surface area (Å²) in [5, 5.41) is 2.72. The average Bonchev–Trinajstić information content (AvgIpc) is 2.78. The molecule has 0 radical (unpaired) electrons. The van der Waals surface area contributed by atoms with E-state index >= 15 is 0 Å². The summed E-state index contributed by atoms with van der Waals surface area (Å²) in [5.74, 6) is -0.386. The van der Waals surface area contributed by atoms with Crippen molar-refractivity contribution in [2.45, 2.75) is 39.8 Å². The fourth-order valence-electron chi connectivity index (χ4n) is 1.97. The fourth-order valence-corrected chi connectivity index (χ4v) is 1.97. The molecular formula is C14H24N4O2. The quantitative estimate of drug-likeness (QED) is 0.818. The van der Waals surface area contributed by atoms with E-state index in [0.29, 0.717) is 17.9 Å². The molecule has 0 aliphatic rings. The van der Waals surface area contributed by atoms with Gasteiger partial charge in [0.15, 0.2) is 0 Å². The molecule has 2 amide bonds. The molecule has 0 saturated heterocycles. The number of amides is 2. The maximum atomic E-state index is 12.2. The van der Waals surface area contributed by atoms with Crippen LogP contribution in [-0.4, -0.2) is 40.9 Å². The highest BCUT2D eigenvalue weighted by Crippen LogP contribution is 2.11. The van der Waals surface area contributed by atoms with Crippen LogP contribution in [0.25, 0.3) is 0 Å². The highest BCUT2D eigenvalue weighted by atomic mass is 16.2. The number of carbonyl (C=O) groups is 2. The highest BCUT2D eigenvalue weighted by molar-refractivity contribution is 5.97. The van der Waals surface area contributed by atoms with Crippen molar-refractivity contribution in [1.82, 2.24) is 14.8 Å². The van der Waals surface area contributed by atoms with Gasteiger partial charge < -0.3 is 20.5 Å². The first-order valence-corrected chi connectivity index (χ1v) is 6.92. The number of aromatic nitrogens is 1. The van der Waals surface area contributed by atoms with E-state index in [4.69, 9.17) is 5.73 Å². The minimum absolute atomic E-state index is 0.109. The van der Waals surface area contributed by atoms with E-state index in [1.54, 1.807) is 31.1 Å². The number of hydrogen-bond donors (Lipinski definition) is 2. The Labute approximate surface area is 119 Å². The Morgan fingerprint density at radius 3 is 2.65 bits per heavy atom. The predicted octanol–water partition coefficient (Wildman–Crippen LogP) is 1.08. The molecule has 0 aliphatic heterocycles. The number of hydrogen-bond acceptors (Lipinski definition) is 3. The molecule has 0 bridgehead atoms. The van der Waals surface area contributed by atoms with Crippen LogP contribution >= 0.6 is 0 Å². The van der Waals surface area contributed by atoms with Gasteiger partial charge in [-0.1, -0.05) is 6.92 Å². The van der Waals surface area contributed by atoms with Crippen LogP contribution in [0.2, 0.25) is 0 Å². The second-order valence-corrected chi connectivity index (χ2v) is 4.90. The number of carbonyl (C=O) groups excluding carboxylic acids is 2. The molecule has 0 spiro atoms. The number of likely N-dealkylation sites (N-methyl/N-ethyl adjacent to an activating group) is 1. The molecule has 0 aliphatic carbocycles. The molecule has 3 N–H and O–H groups in total. The number of rotatable bonds is 6. The van der Waals surface area contributed by atoms with Crippen LogP contribution in [0.5, 0.6) is 0 Å². The molecule has 20 heavy (non-hydrogen) atoms. The van der Waals surface area contributed by atoms with Gasteiger partial charge in [0, 0.05) is 26.3 Å². The number of aryl methyl sites for hydroxylation is 1. The van der Waals surface area contributed by atoms with Crippen LogP contribution in [0, 0.1) is 0 Å². The molecule has 0 aromatic carbocycles. The van der Waals surface area contributed by atoms with Crippen molar-refractivity contribution in [1.29, 1.82) is 0 Å². The zero-order chi connectivity index (χ0) is 15.3. The average molecular weight is 280 g/mol. The number of nitrogens with two attached hydrogens (primary N) is 1. The van der Waals surface area contributed by atoms with Crippen molar-refractivity contribution in [2.24, 2.45) is 0 Å². The largest absolute Gasteiger partial charge is 0.397 e. The van der Waals surface area contributed by atoms with E-state index in [1.165, 1.54) is 0 Å². The lowest BCUT2D eigenvalue weighted by atomic mass is 10.2. The fraction of sp³-hybridized carbons (Fsp3) is 0.571. The molecule has 112 valence electrons. The maximum absolute atomic E-state index is 12.2. The maximum Gasteiger partial charge on any atom is 0.268 e. The zero-order valence-corrected chi connectivity index (χ0v) is 12.6. The topological polar surface area (TPSA) is 80.4 Å². The summed E-state index contributed by atoms with van der Waals surface area (Å²) in [6.45, 7) is 6.93. The van der Waals surface area contributed by atoms with Crippen molar-refractivity contribution in [3.05, 3.63) is 18.0 Å². The van der Waals surface area contributed by atoms with Crippen LogP contribution < -0.4 is 11.1 Å². The molecule has 1 atom stereocenters. The Bertz CT molecular complexity index is 482. The van der Waals surface area contributed by atoms with E-state index in [2.05, 4.69) is 5.32 Å². The Hall–Kier alpha value is -1.98. The van der Waals surface area contributed by atoms with Crippen molar-refractivity contribution in [2.75, 3.05) is 19.3 Å². The van der Waals surface area contributed by atoms with Gasteiger partial charge in [-0.3, -0.25) is 9.59 Å². The third-order valence-electron chi connectivity index (χ3n) is 3.18. The van der Waals surface area contributed by atoms with Crippen LogP contribution in [0.3, 0.4) is 0 Å². The van der Waals surface area contributed by atoms with Gasteiger partial charge in [0.2, 0.25) is 5.91 Å². The lowest BCUT2D eigenvalue weighted by molar-refractivity contribution is -0.131. The van der Waals surface area contributed by atoms with E-state index < -0.39 is 6.04 Å². The summed E-state index contributed by atoms with van der Waals surface area (Å²) in [7, 11) is 1.71. The summed E-state index contributed by atoms with van der Waals surface area (Å²) in [4.78, 5) is 25.7. The SMILES string of the molecule is CCCn1cc(N)cc1C(=O)NC(C)C(=O)N(C)CC. The van der Waals surface area contributed by atoms with Gasteiger partial charge >= 0.3 is 0 Å². The van der Waals surface area contributed by atoms with Gasteiger partial charge in [-0.15, -0.1) is 0 Å². The molecular weight excluding hydrogens is 256 g/mol. The first-order valence-electron chi connectivity index (χ1n) is 6.92. The third-order valence-corrected chi connectivity index (χ3v) is 3.18. The lowest BCUT2D eigenvalue weighted by Crippen LogP contribution is -2.45. The Morgan fingerprint density at radius 2 is 2.10 bits per heavy atom. The minimum atomic E-state index is -0.557. The molecule has 1 unspecified atom stereocenters. The summed E-state index contributed by atoms with van der Waals surface area (Å²) >= 11 is 0. The van der Waals surface area contributed by atoms with Crippen molar-refractivity contribution < 1.29 is 9.59 Å². The molecule has 6 nitrogen and oxygen atoms in total. The summed E-state index contributed by atoms with van der Waals surface area (Å²) in [5.41, 5.74) is 6.77. The molecule has 1 heterocycles. The van der Waals surface area contributed by atoms with Gasteiger partial charge in [0.25, 0.3) is 5.91 Å². The van der Waals surface area contributed by atoms with Crippen LogP contribution in [0.4, 0.5) is 5.69 Å². The highest BCUT2D eigenvalue weighted by Gasteiger charge is 2.21. The minimum Gasteiger partial charge on any atom is -0.397 e. The molecule has 0 fully saturated rings. The van der Waals surface area contributed by atoms with Crippen LogP contribution in [0.15, 0.2) is 12.3 Å². The number of nitrogen functional groups attached to an aromatic ring is 1. The molecule has 6 heteroatoms. The normalized spacial score (nSPS) is 12.0. The molecule has 0 saturated carbocycles. The van der Waals surface area contributed by atoms with E-state index in [9.17, 15) is 9.59 Å². The predicted molar refractivity (Wildman–Crippen MR) is 79.4 cm³/mol. The van der Waals surface area contributed by atoms with Gasteiger partial charge in [0.1, 0.15) is 11.7 Å². The van der Waals surface area contributed by atoms with Gasteiger partial charge in [-0.05, 0) is 26.3 Å². The second-order valence-electron chi connectivity index (χ2n) is 4.90. The van der Waals surface area contributed by atoms with Gasteiger partial charge in [-0.2, -0.15) is 0 Å². The van der Waals surface area contributed by atoms with Crippen LogP contribution in [0.1, 0.15) is 37.7 Å². The smallest absolute Gasteiger partial charge is 0.268 e. The van der Waals surface area contributed by atoms with Crippen LogP contribution in [-0.2, 0) is 11.3 Å². The van der Waals surface area contributed by atoms with E-state index in [1.807, 2.05) is 18.4 Å². The Balaban J connectivity index is 2.78. The first kappa shape index (κ1) is 16.1. The molecule has 1 rings (SSSR count). The summed E-state index contributed by atoms with van der Waals surface area (Å²) in [6, 6.07) is 1.07. The van der Waals surface area contributed by atoms with Crippen molar-refractivity contribution >= 4 is 17.5 Å². The van der Waals surface area contributed by atoms with Crippen molar-refractivity contribution in [3.63, 3.8) is 0 Å². The monoisotopic (exact) mass is 280 g/mol. The third kappa shape index (κ3) is 3.76. The Kier molecular flexibility index (Phi) is 5.61. The number of nitrogens with one attached hydrogen (secondary N) is 1. The van der Waals surface area contributed by atoms with Gasteiger partial charge in [0.05, 0.1) is 5.69 Å². The Morgan fingerprint density at radius 1 is 1.45 bits per heavy atom. The van der Waals surface area contributed by atoms with Crippen molar-refractivity contribution in [3.8, 4) is 0 Å².